The first kappa shape index (κ1) is 13.2. The van der Waals surface area contributed by atoms with E-state index >= 15 is 0 Å². The molecule has 1 fully saturated rings. The normalized spacial score (nSPS) is 19.8. The molecule has 0 spiro atoms. The van der Waals surface area contributed by atoms with E-state index in [9.17, 15) is 4.79 Å². The van der Waals surface area contributed by atoms with Crippen LogP contribution in [0.15, 0.2) is 24.3 Å². The highest BCUT2D eigenvalue weighted by Gasteiger charge is 2.19. The Balaban J connectivity index is 1.93. The molecule has 0 radical (unpaired) electrons. The Labute approximate surface area is 112 Å². The van der Waals surface area contributed by atoms with Crippen LogP contribution in [0.1, 0.15) is 12.8 Å². The van der Waals surface area contributed by atoms with Gasteiger partial charge in [-0.25, -0.2) is 0 Å². The van der Waals surface area contributed by atoms with Crippen LogP contribution in [-0.4, -0.2) is 36.8 Å². The van der Waals surface area contributed by atoms with E-state index in [-0.39, 0.29) is 12.5 Å². The van der Waals surface area contributed by atoms with Crippen LogP contribution >= 0.6 is 11.6 Å². The third-order valence-corrected chi connectivity index (χ3v) is 3.41. The molecule has 1 aromatic rings. The van der Waals surface area contributed by atoms with Crippen LogP contribution in [0, 0.1) is 0 Å². The Bertz CT molecular complexity index is 408. The van der Waals surface area contributed by atoms with Crippen molar-refractivity contribution in [2.24, 2.45) is 0 Å². The molecule has 2 rings (SSSR count). The molecule has 0 saturated carbocycles. The molecule has 1 unspecified atom stereocenters. The van der Waals surface area contributed by atoms with Gasteiger partial charge in [-0.1, -0.05) is 11.6 Å². The number of aliphatic carboxylic acids is 1. The summed E-state index contributed by atoms with van der Waals surface area (Å²) >= 11 is 5.87. The van der Waals surface area contributed by atoms with Crippen molar-refractivity contribution in [3.05, 3.63) is 29.3 Å². The summed E-state index contributed by atoms with van der Waals surface area (Å²) in [6.45, 7) is 2.66. The average molecular weight is 269 g/mol. The first-order valence-corrected chi connectivity index (χ1v) is 6.48. The quantitative estimate of drug-likeness (QED) is 0.877. The van der Waals surface area contributed by atoms with Crippen molar-refractivity contribution in [3.8, 4) is 0 Å². The third kappa shape index (κ3) is 3.62. The van der Waals surface area contributed by atoms with E-state index in [2.05, 4.69) is 10.2 Å². The van der Waals surface area contributed by atoms with Crippen molar-refractivity contribution in [1.82, 2.24) is 5.32 Å². The summed E-state index contributed by atoms with van der Waals surface area (Å²) < 4.78 is 0. The second-order valence-corrected chi connectivity index (χ2v) is 4.94. The van der Waals surface area contributed by atoms with Crippen molar-refractivity contribution in [2.45, 2.75) is 18.9 Å². The number of hydrogen-bond donors (Lipinski definition) is 2. The maximum Gasteiger partial charge on any atom is 0.303 e. The smallest absolute Gasteiger partial charge is 0.303 e. The van der Waals surface area contributed by atoms with Gasteiger partial charge in [-0.2, -0.15) is 0 Å². The Morgan fingerprint density at radius 3 is 2.83 bits per heavy atom. The zero-order valence-electron chi connectivity index (χ0n) is 10.1. The first-order chi connectivity index (χ1) is 8.65. The van der Waals surface area contributed by atoms with Gasteiger partial charge in [-0.05, 0) is 30.7 Å². The zero-order valence-corrected chi connectivity index (χ0v) is 10.9. The minimum atomic E-state index is -0.736. The highest BCUT2D eigenvalue weighted by molar-refractivity contribution is 6.30. The molecule has 0 aliphatic carbocycles. The summed E-state index contributed by atoms with van der Waals surface area (Å²) in [6, 6.07) is 8.01. The van der Waals surface area contributed by atoms with Gasteiger partial charge in [-0.15, -0.1) is 0 Å². The summed E-state index contributed by atoms with van der Waals surface area (Å²) in [4.78, 5) is 12.8. The molecule has 0 amide bonds. The van der Waals surface area contributed by atoms with Crippen LogP contribution in [0.3, 0.4) is 0 Å². The van der Waals surface area contributed by atoms with E-state index in [0.29, 0.717) is 6.42 Å². The number of carboxylic acid groups (broad SMARTS) is 1. The Morgan fingerprint density at radius 2 is 2.17 bits per heavy atom. The number of piperazine rings is 1. The lowest BCUT2D eigenvalue weighted by Crippen LogP contribution is -2.50. The van der Waals surface area contributed by atoms with Crippen LogP contribution in [0.2, 0.25) is 5.02 Å². The molecule has 1 aliphatic rings. The van der Waals surface area contributed by atoms with Crippen LogP contribution in [-0.2, 0) is 4.79 Å². The Morgan fingerprint density at radius 1 is 1.44 bits per heavy atom. The minimum Gasteiger partial charge on any atom is -0.481 e. The second kappa shape index (κ2) is 6.07. The van der Waals surface area contributed by atoms with Crippen molar-refractivity contribution >= 4 is 23.3 Å². The van der Waals surface area contributed by atoms with Gasteiger partial charge < -0.3 is 15.3 Å². The lowest BCUT2D eigenvalue weighted by Gasteiger charge is -2.35. The summed E-state index contributed by atoms with van der Waals surface area (Å²) in [5.41, 5.74) is 1.14. The van der Waals surface area contributed by atoms with Gasteiger partial charge in [0.2, 0.25) is 0 Å². The van der Waals surface area contributed by atoms with Gasteiger partial charge in [0.1, 0.15) is 0 Å². The van der Waals surface area contributed by atoms with Crippen molar-refractivity contribution < 1.29 is 9.90 Å². The Hall–Kier alpha value is -1.26. The second-order valence-electron chi connectivity index (χ2n) is 4.51. The summed E-state index contributed by atoms with van der Waals surface area (Å²) in [5, 5.41) is 12.8. The van der Waals surface area contributed by atoms with E-state index in [1.165, 1.54) is 0 Å². The number of nitrogens with one attached hydrogen (secondary N) is 1. The molecule has 1 atom stereocenters. The number of rotatable bonds is 4. The van der Waals surface area contributed by atoms with E-state index in [1.54, 1.807) is 0 Å². The highest BCUT2D eigenvalue weighted by Crippen LogP contribution is 2.19. The van der Waals surface area contributed by atoms with E-state index in [1.807, 2.05) is 24.3 Å². The molecule has 2 N–H and O–H groups in total. The van der Waals surface area contributed by atoms with Crippen LogP contribution < -0.4 is 10.2 Å². The molecule has 1 heterocycles. The van der Waals surface area contributed by atoms with E-state index in [0.717, 1.165) is 30.3 Å². The molecule has 98 valence electrons. The van der Waals surface area contributed by atoms with Crippen molar-refractivity contribution in [1.29, 1.82) is 0 Å². The number of anilines is 1. The molecule has 5 heteroatoms. The van der Waals surface area contributed by atoms with Gasteiger partial charge in [0.25, 0.3) is 0 Å². The van der Waals surface area contributed by atoms with Crippen LogP contribution in [0.25, 0.3) is 0 Å². The average Bonchev–Trinajstić information content (AvgIpc) is 2.37. The molecular weight excluding hydrogens is 252 g/mol. The summed E-state index contributed by atoms with van der Waals surface area (Å²) in [7, 11) is 0. The number of carboxylic acids is 1. The lowest BCUT2D eigenvalue weighted by atomic mass is 10.1. The first-order valence-electron chi connectivity index (χ1n) is 6.11. The maximum absolute atomic E-state index is 10.6. The predicted octanol–water partition coefficient (Wildman–Crippen LogP) is 1.98. The third-order valence-electron chi connectivity index (χ3n) is 3.15. The number of benzene rings is 1. The van der Waals surface area contributed by atoms with Gasteiger partial charge in [0, 0.05) is 42.8 Å². The topological polar surface area (TPSA) is 52.6 Å². The fourth-order valence-corrected chi connectivity index (χ4v) is 2.33. The largest absolute Gasteiger partial charge is 0.481 e. The van der Waals surface area contributed by atoms with Crippen molar-refractivity contribution in [3.63, 3.8) is 0 Å². The molecular formula is C13H17ClN2O2. The van der Waals surface area contributed by atoms with Gasteiger partial charge in [0.15, 0.2) is 0 Å². The minimum absolute atomic E-state index is 0.214. The monoisotopic (exact) mass is 268 g/mol. The van der Waals surface area contributed by atoms with Gasteiger partial charge in [0.05, 0.1) is 0 Å². The summed E-state index contributed by atoms with van der Waals surface area (Å²) in [6.07, 6.45) is 0.881. The molecule has 18 heavy (non-hydrogen) atoms. The number of nitrogens with zero attached hydrogens (tertiary/aromatic N) is 1. The molecule has 0 bridgehead atoms. The van der Waals surface area contributed by atoms with Gasteiger partial charge >= 0.3 is 5.97 Å². The number of carbonyl (C=O) groups is 1. The van der Waals surface area contributed by atoms with E-state index < -0.39 is 5.97 Å². The number of hydrogen-bond acceptors (Lipinski definition) is 3. The zero-order chi connectivity index (χ0) is 13.0. The maximum atomic E-state index is 10.6. The SMILES string of the molecule is O=C(O)CCC1CN(c2ccc(Cl)cc2)CCN1. The van der Waals surface area contributed by atoms with Crippen molar-refractivity contribution in [2.75, 3.05) is 24.5 Å². The van der Waals surface area contributed by atoms with E-state index in [4.69, 9.17) is 16.7 Å². The molecule has 0 aromatic heterocycles. The lowest BCUT2D eigenvalue weighted by molar-refractivity contribution is -0.137. The standard InChI is InChI=1S/C13H17ClN2O2/c14-10-1-4-12(5-2-10)16-8-7-15-11(9-16)3-6-13(17)18/h1-2,4-5,11,15H,3,6-9H2,(H,17,18). The molecule has 4 nitrogen and oxygen atoms in total. The van der Waals surface area contributed by atoms with Crippen LogP contribution in [0.4, 0.5) is 5.69 Å². The molecule has 1 saturated heterocycles. The van der Waals surface area contributed by atoms with Gasteiger partial charge in [-0.3, -0.25) is 4.79 Å². The summed E-state index contributed by atoms with van der Waals surface area (Å²) in [5.74, 6) is -0.736. The number of halogens is 1. The highest BCUT2D eigenvalue weighted by atomic mass is 35.5. The predicted molar refractivity (Wildman–Crippen MR) is 72.3 cm³/mol. The fraction of sp³-hybridized carbons (Fsp3) is 0.462. The molecule has 1 aliphatic heterocycles. The fourth-order valence-electron chi connectivity index (χ4n) is 2.20. The van der Waals surface area contributed by atoms with Crippen LogP contribution in [0.5, 0.6) is 0 Å². The molecule has 1 aromatic carbocycles. The Kier molecular flexibility index (Phi) is 4.44.